The van der Waals surface area contributed by atoms with Crippen LogP contribution in [0.1, 0.15) is 32.9 Å². The van der Waals surface area contributed by atoms with Crippen LogP contribution in [-0.2, 0) is 13.6 Å². The number of amides is 2. The number of imidazole rings is 1. The lowest BCUT2D eigenvalue weighted by molar-refractivity contribution is 0.183. The minimum Gasteiger partial charge on any atom is -0.471 e. The molecule has 4 heterocycles. The number of aryl methyl sites for hydroxylation is 2. The number of carbonyl (C=O) groups is 1. The summed E-state index contributed by atoms with van der Waals surface area (Å²) in [4.78, 5) is 27.5. The molecular formula is C20H28N8O2. The van der Waals surface area contributed by atoms with Gasteiger partial charge in [-0.25, -0.2) is 14.8 Å². The maximum absolute atomic E-state index is 12.2. The largest absolute Gasteiger partial charge is 0.471 e. The molecule has 0 bridgehead atoms. The molecule has 1 unspecified atom stereocenters. The number of fused-ring (bicyclic) bond motifs is 1. The first kappa shape index (κ1) is 20.1. The summed E-state index contributed by atoms with van der Waals surface area (Å²) >= 11 is 0. The van der Waals surface area contributed by atoms with Crippen LogP contribution in [0.2, 0.25) is 0 Å². The van der Waals surface area contributed by atoms with Crippen molar-refractivity contribution in [2.45, 2.75) is 52.8 Å². The number of rotatable bonds is 5. The number of likely N-dealkylation sites (tertiary alicyclic amines) is 1. The van der Waals surface area contributed by atoms with Gasteiger partial charge < -0.3 is 19.5 Å². The second kappa shape index (κ2) is 7.92. The van der Waals surface area contributed by atoms with E-state index in [4.69, 9.17) is 9.72 Å². The fourth-order valence-corrected chi connectivity index (χ4v) is 3.80. The third kappa shape index (κ3) is 3.57. The van der Waals surface area contributed by atoms with Gasteiger partial charge in [-0.3, -0.25) is 4.68 Å². The van der Waals surface area contributed by atoms with Crippen molar-refractivity contribution in [1.29, 1.82) is 0 Å². The summed E-state index contributed by atoms with van der Waals surface area (Å²) in [6.45, 7) is 9.96. The Kier molecular flexibility index (Phi) is 5.31. The van der Waals surface area contributed by atoms with Crippen molar-refractivity contribution in [3.05, 3.63) is 18.2 Å². The fraction of sp³-hybridized carbons (Fsp3) is 0.550. The Morgan fingerprint density at radius 1 is 1.37 bits per heavy atom. The van der Waals surface area contributed by atoms with Gasteiger partial charge in [0.25, 0.3) is 0 Å². The van der Waals surface area contributed by atoms with E-state index in [1.165, 1.54) is 6.33 Å². The maximum atomic E-state index is 12.2. The molecule has 1 aliphatic heterocycles. The van der Waals surface area contributed by atoms with Gasteiger partial charge in [0.1, 0.15) is 18.3 Å². The molecule has 1 atom stereocenters. The minimum absolute atomic E-state index is 0.0625. The molecule has 3 aromatic rings. The van der Waals surface area contributed by atoms with E-state index in [0.717, 1.165) is 30.0 Å². The maximum Gasteiger partial charge on any atom is 0.317 e. The molecule has 3 aromatic heterocycles. The molecule has 1 N–H and O–H groups in total. The summed E-state index contributed by atoms with van der Waals surface area (Å²) in [7, 11) is 1.93. The van der Waals surface area contributed by atoms with Gasteiger partial charge in [0.15, 0.2) is 11.2 Å². The van der Waals surface area contributed by atoms with Crippen LogP contribution in [0.15, 0.2) is 12.5 Å². The summed E-state index contributed by atoms with van der Waals surface area (Å²) in [6.07, 6.45) is 3.94. The third-order valence-corrected chi connectivity index (χ3v) is 5.39. The Labute approximate surface area is 175 Å². The Morgan fingerprint density at radius 3 is 2.87 bits per heavy atom. The highest BCUT2D eigenvalue weighted by molar-refractivity contribution is 5.81. The highest BCUT2D eigenvalue weighted by Crippen LogP contribution is 2.29. The van der Waals surface area contributed by atoms with Gasteiger partial charge in [-0.1, -0.05) is 0 Å². The predicted molar refractivity (Wildman–Crippen MR) is 112 cm³/mol. The average Bonchev–Trinajstić information content (AvgIpc) is 3.40. The minimum atomic E-state index is -0.129. The van der Waals surface area contributed by atoms with Gasteiger partial charge in [0.05, 0.1) is 18.3 Å². The summed E-state index contributed by atoms with van der Waals surface area (Å²) in [5, 5.41) is 7.35. The van der Waals surface area contributed by atoms with E-state index in [-0.39, 0.29) is 18.2 Å². The molecule has 0 aromatic carbocycles. The molecule has 0 aliphatic carbocycles. The van der Waals surface area contributed by atoms with Crippen molar-refractivity contribution in [2.75, 3.05) is 13.1 Å². The number of nitrogens with zero attached hydrogens (tertiary/aromatic N) is 7. The highest BCUT2D eigenvalue weighted by atomic mass is 16.5. The number of hydrogen-bond donors (Lipinski definition) is 1. The quantitative estimate of drug-likeness (QED) is 0.689. The zero-order chi connectivity index (χ0) is 21.4. The summed E-state index contributed by atoms with van der Waals surface area (Å²) in [5.41, 5.74) is 3.32. The lowest BCUT2D eigenvalue weighted by Crippen LogP contribution is -2.42. The van der Waals surface area contributed by atoms with Crippen molar-refractivity contribution >= 4 is 17.2 Å². The van der Waals surface area contributed by atoms with E-state index < -0.39 is 0 Å². The van der Waals surface area contributed by atoms with Gasteiger partial charge in [-0.2, -0.15) is 10.1 Å². The fourth-order valence-electron chi connectivity index (χ4n) is 3.80. The first-order valence-corrected chi connectivity index (χ1v) is 10.3. The zero-order valence-corrected chi connectivity index (χ0v) is 18.1. The molecule has 0 radical (unpaired) electrons. The van der Waals surface area contributed by atoms with E-state index in [1.807, 2.05) is 43.3 Å². The van der Waals surface area contributed by atoms with Crippen LogP contribution < -0.4 is 10.1 Å². The highest BCUT2D eigenvalue weighted by Gasteiger charge is 2.29. The molecule has 0 spiro atoms. The topological polar surface area (TPSA) is 103 Å². The average molecular weight is 412 g/mol. The van der Waals surface area contributed by atoms with Crippen LogP contribution in [0.5, 0.6) is 5.88 Å². The van der Waals surface area contributed by atoms with Crippen molar-refractivity contribution in [2.24, 2.45) is 7.05 Å². The summed E-state index contributed by atoms with van der Waals surface area (Å²) in [6, 6.07) is 0.0406. The Morgan fingerprint density at radius 2 is 2.17 bits per heavy atom. The predicted octanol–water partition coefficient (Wildman–Crippen LogP) is 2.13. The number of hydrogen-bond acceptors (Lipinski definition) is 6. The van der Waals surface area contributed by atoms with Crippen molar-refractivity contribution < 1.29 is 9.53 Å². The second-order valence-corrected chi connectivity index (χ2v) is 7.88. The molecule has 1 saturated heterocycles. The zero-order valence-electron chi connectivity index (χ0n) is 18.1. The molecule has 1 aliphatic rings. The third-order valence-electron chi connectivity index (χ3n) is 5.39. The van der Waals surface area contributed by atoms with E-state index in [0.29, 0.717) is 30.1 Å². The lowest BCUT2D eigenvalue weighted by Gasteiger charge is -2.19. The van der Waals surface area contributed by atoms with Crippen LogP contribution in [-0.4, -0.2) is 65.5 Å². The second-order valence-electron chi connectivity index (χ2n) is 7.88. The van der Waals surface area contributed by atoms with E-state index in [9.17, 15) is 4.79 Å². The van der Waals surface area contributed by atoms with Crippen LogP contribution in [0.3, 0.4) is 0 Å². The normalized spacial score (nSPS) is 16.6. The first-order chi connectivity index (χ1) is 14.4. The van der Waals surface area contributed by atoms with Crippen molar-refractivity contribution in [1.82, 2.24) is 39.5 Å². The van der Waals surface area contributed by atoms with Crippen LogP contribution >= 0.6 is 0 Å². The molecule has 10 heteroatoms. The SMILES string of the molecule is CCn1ncc(-c2nc3c(OC4CCN(C(=O)NC(C)C)C4)ncnc3n2C)c1C. The lowest BCUT2D eigenvalue weighted by atomic mass is 10.2. The molecular weight excluding hydrogens is 384 g/mol. The molecule has 2 amide bonds. The van der Waals surface area contributed by atoms with Crippen LogP contribution in [0.4, 0.5) is 4.79 Å². The number of urea groups is 1. The molecule has 30 heavy (non-hydrogen) atoms. The summed E-state index contributed by atoms with van der Waals surface area (Å²) in [5.74, 6) is 1.22. The first-order valence-electron chi connectivity index (χ1n) is 10.3. The molecule has 0 saturated carbocycles. The van der Waals surface area contributed by atoms with Gasteiger partial charge >= 0.3 is 6.03 Å². The molecule has 160 valence electrons. The van der Waals surface area contributed by atoms with Crippen LogP contribution in [0, 0.1) is 6.92 Å². The van der Waals surface area contributed by atoms with Gasteiger partial charge in [0.2, 0.25) is 5.88 Å². The number of ether oxygens (including phenoxy) is 1. The Hall–Kier alpha value is -3.17. The smallest absolute Gasteiger partial charge is 0.317 e. The Bertz CT molecular complexity index is 1070. The van der Waals surface area contributed by atoms with Crippen molar-refractivity contribution in [3.63, 3.8) is 0 Å². The molecule has 10 nitrogen and oxygen atoms in total. The monoisotopic (exact) mass is 412 g/mol. The van der Waals surface area contributed by atoms with Gasteiger partial charge in [0, 0.05) is 38.3 Å². The van der Waals surface area contributed by atoms with E-state index >= 15 is 0 Å². The standard InChI is InChI=1S/C20H28N8O2/c1-6-28-13(4)15(9-23-28)17-25-16-18(26(17)5)21-11-22-19(16)30-14-7-8-27(10-14)20(29)24-12(2)3/h9,11-12,14H,6-8,10H2,1-5H3,(H,24,29). The van der Waals surface area contributed by atoms with Crippen molar-refractivity contribution in [3.8, 4) is 17.3 Å². The van der Waals surface area contributed by atoms with E-state index in [1.54, 1.807) is 4.90 Å². The summed E-state index contributed by atoms with van der Waals surface area (Å²) < 4.78 is 10.0. The van der Waals surface area contributed by atoms with Crippen LogP contribution in [0.25, 0.3) is 22.6 Å². The van der Waals surface area contributed by atoms with E-state index in [2.05, 4.69) is 27.3 Å². The number of nitrogens with one attached hydrogen (secondary N) is 1. The number of aromatic nitrogens is 6. The number of carbonyl (C=O) groups excluding carboxylic acids is 1. The Balaban J connectivity index is 1.59. The van der Waals surface area contributed by atoms with Gasteiger partial charge in [-0.15, -0.1) is 0 Å². The molecule has 1 fully saturated rings. The van der Waals surface area contributed by atoms with Gasteiger partial charge in [-0.05, 0) is 27.7 Å². The molecule has 4 rings (SSSR count).